The predicted molar refractivity (Wildman–Crippen MR) is 143 cm³/mol. The van der Waals surface area contributed by atoms with E-state index in [1.54, 1.807) is 31.4 Å². The Bertz CT molecular complexity index is 1230. The number of ether oxygens (including phenoxy) is 2. The first kappa shape index (κ1) is 29.0. The third-order valence-corrected chi connectivity index (χ3v) is 7.28. The first-order valence-corrected chi connectivity index (χ1v) is 12.7. The second-order valence-corrected chi connectivity index (χ2v) is 9.91. The van der Waals surface area contributed by atoms with Gasteiger partial charge < -0.3 is 14.5 Å². The molecule has 2 aliphatic carbocycles. The van der Waals surface area contributed by atoms with Crippen LogP contribution in [0.15, 0.2) is 23.1 Å². The van der Waals surface area contributed by atoms with Crippen molar-refractivity contribution in [2.45, 2.75) is 66.2 Å². The van der Waals surface area contributed by atoms with Crippen LogP contribution in [0.2, 0.25) is 0 Å². The third-order valence-electron chi connectivity index (χ3n) is 5.00. The number of hydrogen-bond donors (Lipinski definition) is 1. The maximum Gasteiger partial charge on any atom is 0.354 e. The van der Waals surface area contributed by atoms with E-state index in [0.717, 1.165) is 20.2 Å². The highest BCUT2D eigenvalue weighted by Crippen LogP contribution is 2.43. The molecular weight excluding hydrogens is 500 g/mol. The zero-order valence-electron chi connectivity index (χ0n) is 18.8. The van der Waals surface area contributed by atoms with Gasteiger partial charge >= 0.3 is 11.9 Å². The van der Waals surface area contributed by atoms with Gasteiger partial charge in [-0.3, -0.25) is 0 Å². The van der Waals surface area contributed by atoms with Crippen LogP contribution in [0.25, 0.3) is 26.9 Å². The SMILES string of the molecule is C.C.CCOC(=O)/C(=C/c1cnc(C2CC2)s1)N=[N+]=[N-].CCOC(=O)c1cc2sc(C3CC3)nc2[nH]1. The molecule has 12 heteroatoms. The number of esters is 2. The molecule has 1 N–H and O–H groups in total. The number of carbonyl (C=O) groups excluding carboxylic acids is 2. The Labute approximate surface area is 218 Å². The molecule has 0 bridgehead atoms. The number of aromatic amines is 1. The quantitative estimate of drug-likeness (QED) is 0.107. The van der Waals surface area contributed by atoms with Gasteiger partial charge in [0.15, 0.2) is 0 Å². The number of fused-ring (bicyclic) bond motifs is 1. The van der Waals surface area contributed by atoms with Crippen LogP contribution in [0, 0.1) is 0 Å². The highest BCUT2D eigenvalue weighted by molar-refractivity contribution is 7.18. The highest BCUT2D eigenvalue weighted by atomic mass is 32.1. The van der Waals surface area contributed by atoms with E-state index in [1.807, 2.05) is 6.07 Å². The lowest BCUT2D eigenvalue weighted by Gasteiger charge is -1.99. The lowest BCUT2D eigenvalue weighted by Crippen LogP contribution is -2.05. The summed E-state index contributed by atoms with van der Waals surface area (Å²) >= 11 is 3.19. The van der Waals surface area contributed by atoms with Crippen molar-refractivity contribution in [1.29, 1.82) is 0 Å². The van der Waals surface area contributed by atoms with Crippen LogP contribution in [0.5, 0.6) is 0 Å². The number of hydrogen-bond acceptors (Lipinski definition) is 9. The molecule has 0 aliphatic heterocycles. The molecule has 2 fully saturated rings. The van der Waals surface area contributed by atoms with Crippen molar-refractivity contribution in [3.8, 4) is 0 Å². The Morgan fingerprint density at radius 3 is 2.39 bits per heavy atom. The van der Waals surface area contributed by atoms with E-state index in [1.165, 1.54) is 48.1 Å². The summed E-state index contributed by atoms with van der Waals surface area (Å²) in [4.78, 5) is 38.2. The minimum absolute atomic E-state index is 0. The molecule has 3 aromatic heterocycles. The minimum Gasteiger partial charge on any atom is -0.462 e. The molecule has 194 valence electrons. The van der Waals surface area contributed by atoms with Gasteiger partial charge in [-0.05, 0) is 57.2 Å². The van der Waals surface area contributed by atoms with Crippen LogP contribution in [0.1, 0.15) is 91.6 Å². The summed E-state index contributed by atoms with van der Waals surface area (Å²) in [6.45, 7) is 4.13. The molecule has 0 radical (unpaired) electrons. The maximum absolute atomic E-state index is 11.5. The van der Waals surface area contributed by atoms with Crippen LogP contribution in [0.3, 0.4) is 0 Å². The average molecular weight is 533 g/mol. The van der Waals surface area contributed by atoms with E-state index in [2.05, 4.69) is 25.0 Å². The first-order chi connectivity index (χ1) is 16.5. The van der Waals surface area contributed by atoms with E-state index >= 15 is 0 Å². The van der Waals surface area contributed by atoms with Gasteiger partial charge in [0, 0.05) is 27.8 Å². The molecule has 0 saturated heterocycles. The summed E-state index contributed by atoms with van der Waals surface area (Å²) in [5, 5.41) is 5.62. The molecule has 0 unspecified atom stereocenters. The van der Waals surface area contributed by atoms with Crippen LogP contribution in [-0.2, 0) is 14.3 Å². The van der Waals surface area contributed by atoms with Crippen LogP contribution in [0.4, 0.5) is 0 Å². The molecule has 2 saturated carbocycles. The molecule has 36 heavy (non-hydrogen) atoms. The van der Waals surface area contributed by atoms with Gasteiger partial charge in [-0.2, -0.15) is 0 Å². The molecule has 0 aromatic carbocycles. The van der Waals surface area contributed by atoms with Crippen molar-refractivity contribution in [3.05, 3.63) is 49.0 Å². The fourth-order valence-electron chi connectivity index (χ4n) is 3.06. The van der Waals surface area contributed by atoms with E-state index < -0.39 is 5.97 Å². The van der Waals surface area contributed by atoms with E-state index in [0.29, 0.717) is 24.1 Å². The van der Waals surface area contributed by atoms with Gasteiger partial charge in [0.05, 0.1) is 27.9 Å². The number of rotatable bonds is 8. The molecule has 0 amide bonds. The lowest BCUT2D eigenvalue weighted by molar-refractivity contribution is -0.138. The Morgan fingerprint density at radius 2 is 1.81 bits per heavy atom. The number of carbonyl (C=O) groups is 2. The van der Waals surface area contributed by atoms with Crippen LogP contribution < -0.4 is 0 Å². The lowest BCUT2D eigenvalue weighted by atomic mass is 10.4. The third kappa shape index (κ3) is 7.39. The fraction of sp³-hybridized carbons (Fsp3) is 0.500. The monoisotopic (exact) mass is 532 g/mol. The van der Waals surface area contributed by atoms with E-state index in [-0.39, 0.29) is 33.1 Å². The topological polar surface area (TPSA) is 143 Å². The molecule has 3 aromatic rings. The van der Waals surface area contributed by atoms with Crippen LogP contribution in [-0.4, -0.2) is 40.1 Å². The first-order valence-electron chi connectivity index (χ1n) is 11.1. The number of H-pyrrole nitrogens is 1. The summed E-state index contributed by atoms with van der Waals surface area (Å²) in [5.41, 5.74) is 9.71. The second kappa shape index (κ2) is 13.2. The number of aromatic nitrogens is 3. The summed E-state index contributed by atoms with van der Waals surface area (Å²) in [5.74, 6) is 0.317. The van der Waals surface area contributed by atoms with Crippen molar-refractivity contribution in [2.75, 3.05) is 13.2 Å². The van der Waals surface area contributed by atoms with Crippen molar-refractivity contribution >= 4 is 51.0 Å². The zero-order valence-corrected chi connectivity index (χ0v) is 20.4. The summed E-state index contributed by atoms with van der Waals surface area (Å²) < 4.78 is 10.8. The van der Waals surface area contributed by atoms with Gasteiger partial charge in [-0.15, -0.1) is 22.7 Å². The molecular formula is C24H32N6O4S2. The molecule has 3 heterocycles. The van der Waals surface area contributed by atoms with Crippen molar-refractivity contribution in [3.63, 3.8) is 0 Å². The van der Waals surface area contributed by atoms with Crippen molar-refractivity contribution in [1.82, 2.24) is 15.0 Å². The van der Waals surface area contributed by atoms with E-state index in [9.17, 15) is 9.59 Å². The minimum atomic E-state index is -0.614. The molecule has 0 atom stereocenters. The second-order valence-electron chi connectivity index (χ2n) is 7.76. The average Bonchev–Trinajstić information content (AvgIpc) is 3.72. The van der Waals surface area contributed by atoms with Gasteiger partial charge in [0.25, 0.3) is 0 Å². The number of nitrogens with zero attached hydrogens (tertiary/aromatic N) is 5. The standard InChI is InChI=1S/C11H12N4O2S.C11H12N2O2S.2CH4/c1-2-17-11(16)9(14-15-12)5-8-6-13-10(18-8)7-3-4-7;1-2-15-11(14)7-5-8-9(12-7)13-10(16-8)6-3-4-6;;/h5-7H,2-4H2,1H3;5-6,12H,2-4H2,1H3;2*1H4/b9-5-;;;. The largest absolute Gasteiger partial charge is 0.462 e. The van der Waals surface area contributed by atoms with Crippen molar-refractivity contribution < 1.29 is 19.1 Å². The summed E-state index contributed by atoms with van der Waals surface area (Å²) in [6, 6.07) is 1.83. The Hall–Kier alpha value is -3.21. The van der Waals surface area contributed by atoms with Crippen LogP contribution >= 0.6 is 22.7 Å². The number of nitrogens with one attached hydrogen (secondary N) is 1. The Kier molecular flexibility index (Phi) is 10.6. The number of azide groups is 1. The molecule has 2 aliphatic rings. The number of thiazole rings is 2. The molecule has 5 rings (SSSR count). The molecule has 10 nitrogen and oxygen atoms in total. The summed E-state index contributed by atoms with van der Waals surface area (Å²) in [6.07, 6.45) is 8.06. The fourth-order valence-corrected chi connectivity index (χ4v) is 5.22. The smallest absolute Gasteiger partial charge is 0.354 e. The Morgan fingerprint density at radius 1 is 1.14 bits per heavy atom. The maximum atomic E-state index is 11.5. The van der Waals surface area contributed by atoms with Gasteiger partial charge in [0.1, 0.15) is 17.0 Å². The van der Waals surface area contributed by atoms with Gasteiger partial charge in [-0.1, -0.05) is 20.0 Å². The highest BCUT2D eigenvalue weighted by Gasteiger charge is 2.28. The van der Waals surface area contributed by atoms with Gasteiger partial charge in [0.2, 0.25) is 0 Å². The molecule has 0 spiro atoms. The van der Waals surface area contributed by atoms with Crippen molar-refractivity contribution in [2.24, 2.45) is 5.11 Å². The summed E-state index contributed by atoms with van der Waals surface area (Å²) in [7, 11) is 0. The zero-order chi connectivity index (χ0) is 24.1. The van der Waals surface area contributed by atoms with E-state index in [4.69, 9.17) is 15.0 Å². The predicted octanol–water partition coefficient (Wildman–Crippen LogP) is 7.19. The normalized spacial score (nSPS) is 14.4. The Balaban J connectivity index is 0.000000241. The van der Waals surface area contributed by atoms with Gasteiger partial charge in [-0.25, -0.2) is 19.6 Å².